The molecule has 1 N–H and O–H groups in total. The summed E-state index contributed by atoms with van der Waals surface area (Å²) in [5.41, 5.74) is 0.632. The molecule has 0 fully saturated rings. The highest BCUT2D eigenvalue weighted by Gasteiger charge is 2.36. The first-order valence-electron chi connectivity index (χ1n) is 8.68. The molecule has 0 aromatic heterocycles. The van der Waals surface area contributed by atoms with Crippen LogP contribution in [0.5, 0.6) is 0 Å². The number of allylic oxidation sites excluding steroid dienone is 1. The van der Waals surface area contributed by atoms with Crippen LogP contribution in [0.3, 0.4) is 0 Å². The van der Waals surface area contributed by atoms with E-state index < -0.39 is 23.8 Å². The van der Waals surface area contributed by atoms with E-state index in [1.807, 2.05) is 12.3 Å². The zero-order valence-electron chi connectivity index (χ0n) is 15.9. The maximum Gasteiger partial charge on any atom is 0.416 e. The number of nitriles is 2. The lowest BCUT2D eigenvalue weighted by Gasteiger charge is -2.34. The predicted molar refractivity (Wildman–Crippen MR) is 106 cm³/mol. The maximum atomic E-state index is 13.1. The maximum absolute atomic E-state index is 13.1. The number of hydrogen-bond acceptors (Lipinski definition) is 4. The summed E-state index contributed by atoms with van der Waals surface area (Å²) in [5.74, 6) is 0. The Morgan fingerprint density at radius 3 is 2.47 bits per heavy atom. The van der Waals surface area contributed by atoms with Crippen LogP contribution in [0.15, 0.2) is 58.6 Å². The van der Waals surface area contributed by atoms with Gasteiger partial charge in [0.15, 0.2) is 0 Å². The predicted octanol–water partition coefficient (Wildman–Crippen LogP) is 5.37. The van der Waals surface area contributed by atoms with E-state index in [1.54, 1.807) is 18.2 Å². The molecule has 1 unspecified atom stereocenters. The molecule has 1 aliphatic rings. The van der Waals surface area contributed by atoms with Gasteiger partial charge in [-0.05, 0) is 49.1 Å². The van der Waals surface area contributed by atoms with Gasteiger partial charge in [0.1, 0.15) is 0 Å². The third-order valence-corrected chi connectivity index (χ3v) is 5.50. The number of nitrogens with one attached hydrogen (secondary N) is 1. The highest BCUT2D eigenvalue weighted by Crippen LogP contribution is 2.38. The molecule has 0 bridgehead atoms. The summed E-state index contributed by atoms with van der Waals surface area (Å²) in [7, 11) is 0. The molecule has 9 heteroatoms. The second kappa shape index (κ2) is 8.13. The molecular formula is C21H15F3N4OS. The molecule has 30 heavy (non-hydrogen) atoms. The van der Waals surface area contributed by atoms with Gasteiger partial charge in [-0.25, -0.2) is 4.79 Å². The number of rotatable bonds is 3. The van der Waals surface area contributed by atoms with Crippen LogP contribution in [0.2, 0.25) is 0 Å². The third kappa shape index (κ3) is 3.85. The van der Waals surface area contributed by atoms with Gasteiger partial charge in [-0.3, -0.25) is 4.90 Å². The molecule has 0 aliphatic carbocycles. The third-order valence-electron chi connectivity index (χ3n) is 4.71. The normalized spacial score (nSPS) is 16.7. The van der Waals surface area contributed by atoms with Gasteiger partial charge in [0.05, 0.1) is 40.6 Å². The molecule has 1 heterocycles. The summed E-state index contributed by atoms with van der Waals surface area (Å²) in [6, 6.07) is 12.0. The van der Waals surface area contributed by atoms with E-state index in [9.17, 15) is 23.2 Å². The first kappa shape index (κ1) is 21.3. The van der Waals surface area contributed by atoms with Crippen molar-refractivity contribution in [2.24, 2.45) is 0 Å². The fraction of sp³-hybridized carbons (Fsp3) is 0.190. The van der Waals surface area contributed by atoms with Gasteiger partial charge in [-0.1, -0.05) is 12.1 Å². The lowest BCUT2D eigenvalue weighted by Crippen LogP contribution is -2.46. The van der Waals surface area contributed by atoms with Crippen molar-refractivity contribution in [3.8, 4) is 12.1 Å². The second-order valence-electron chi connectivity index (χ2n) is 6.45. The van der Waals surface area contributed by atoms with Crippen LogP contribution in [-0.4, -0.2) is 12.3 Å². The van der Waals surface area contributed by atoms with E-state index in [2.05, 4.69) is 11.4 Å². The van der Waals surface area contributed by atoms with Crippen molar-refractivity contribution in [2.45, 2.75) is 24.0 Å². The zero-order chi connectivity index (χ0) is 22.1. The van der Waals surface area contributed by atoms with Gasteiger partial charge >= 0.3 is 12.2 Å². The highest BCUT2D eigenvalue weighted by molar-refractivity contribution is 7.98. The van der Waals surface area contributed by atoms with Crippen molar-refractivity contribution in [2.75, 3.05) is 11.2 Å². The fourth-order valence-corrected chi connectivity index (χ4v) is 3.94. The number of thioether (sulfide) groups is 1. The molecule has 5 nitrogen and oxygen atoms in total. The van der Waals surface area contributed by atoms with Crippen LogP contribution in [0, 0.1) is 22.7 Å². The summed E-state index contributed by atoms with van der Waals surface area (Å²) >= 11 is 1.36. The van der Waals surface area contributed by atoms with Crippen molar-refractivity contribution in [3.05, 3.63) is 70.4 Å². The molecule has 2 aromatic rings. The second-order valence-corrected chi connectivity index (χ2v) is 7.29. The Bertz CT molecular complexity index is 1130. The van der Waals surface area contributed by atoms with Gasteiger partial charge < -0.3 is 5.32 Å². The van der Waals surface area contributed by atoms with Crippen LogP contribution in [-0.2, 0) is 6.18 Å². The molecule has 152 valence electrons. The Kier molecular flexibility index (Phi) is 5.77. The number of hydrogen-bond donors (Lipinski definition) is 1. The molecule has 1 aliphatic heterocycles. The summed E-state index contributed by atoms with van der Waals surface area (Å²) in [5, 5.41) is 21.6. The zero-order valence-corrected chi connectivity index (χ0v) is 16.7. The standard InChI is InChI=1S/C21H15F3N4OS/c1-12-17(11-26)19(16-7-6-13(10-25)8-18(16)30-2)27-20(29)28(12)15-5-3-4-14(9-15)21(22,23)24/h3-9,19H,1-2H3,(H,27,29). The number of halogens is 3. The Labute approximate surface area is 175 Å². The number of nitrogens with zero attached hydrogens (tertiary/aromatic N) is 3. The largest absolute Gasteiger partial charge is 0.416 e. The van der Waals surface area contributed by atoms with E-state index in [0.717, 1.165) is 17.0 Å². The highest BCUT2D eigenvalue weighted by atomic mass is 32.2. The summed E-state index contributed by atoms with van der Waals surface area (Å²) < 4.78 is 39.3. The average Bonchev–Trinajstić information content (AvgIpc) is 2.72. The molecule has 0 spiro atoms. The number of carbonyl (C=O) groups is 1. The first-order valence-corrected chi connectivity index (χ1v) is 9.90. The quantitative estimate of drug-likeness (QED) is 0.667. The number of urea groups is 1. The van der Waals surface area contributed by atoms with Crippen LogP contribution >= 0.6 is 11.8 Å². The van der Waals surface area contributed by atoms with E-state index in [1.165, 1.54) is 30.8 Å². The van der Waals surface area contributed by atoms with Crippen molar-refractivity contribution in [1.29, 1.82) is 10.5 Å². The monoisotopic (exact) mass is 428 g/mol. The Morgan fingerprint density at radius 1 is 1.13 bits per heavy atom. The lowest BCUT2D eigenvalue weighted by molar-refractivity contribution is -0.137. The molecule has 0 saturated heterocycles. The van der Waals surface area contributed by atoms with Crippen LogP contribution < -0.4 is 10.2 Å². The molecule has 2 amide bonds. The minimum Gasteiger partial charge on any atom is -0.326 e. The van der Waals surface area contributed by atoms with E-state index in [4.69, 9.17) is 5.26 Å². The Hall–Kier alpha value is -3.43. The molecule has 0 saturated carbocycles. The lowest BCUT2D eigenvalue weighted by atomic mass is 9.94. The van der Waals surface area contributed by atoms with Gasteiger partial charge in [-0.15, -0.1) is 11.8 Å². The van der Waals surface area contributed by atoms with Crippen molar-refractivity contribution in [1.82, 2.24) is 5.32 Å². The average molecular weight is 428 g/mol. The Morgan fingerprint density at radius 2 is 1.87 bits per heavy atom. The van der Waals surface area contributed by atoms with Gasteiger partial charge in [0, 0.05) is 10.6 Å². The van der Waals surface area contributed by atoms with Crippen LogP contribution in [0.1, 0.15) is 29.7 Å². The SMILES string of the molecule is CSc1cc(C#N)ccc1C1NC(=O)N(c2cccc(C(F)(F)F)c2)C(C)=C1C#N. The molecule has 0 radical (unpaired) electrons. The minimum absolute atomic E-state index is 0.0101. The van der Waals surface area contributed by atoms with E-state index >= 15 is 0 Å². The summed E-state index contributed by atoms with van der Waals surface area (Å²) in [6.45, 7) is 1.52. The first-order chi connectivity index (χ1) is 14.2. The van der Waals surface area contributed by atoms with Crippen LogP contribution in [0.25, 0.3) is 0 Å². The molecule has 1 atom stereocenters. The number of alkyl halides is 3. The number of benzene rings is 2. The molecule has 3 rings (SSSR count). The van der Waals surface area contributed by atoms with E-state index in [0.29, 0.717) is 16.0 Å². The van der Waals surface area contributed by atoms with Crippen LogP contribution in [0.4, 0.5) is 23.7 Å². The van der Waals surface area contributed by atoms with Gasteiger partial charge in [0.2, 0.25) is 0 Å². The van der Waals surface area contributed by atoms with Crippen molar-refractivity contribution < 1.29 is 18.0 Å². The van der Waals surface area contributed by atoms with Crippen molar-refractivity contribution in [3.63, 3.8) is 0 Å². The Balaban J connectivity index is 2.11. The van der Waals surface area contributed by atoms with Gasteiger partial charge in [-0.2, -0.15) is 23.7 Å². The topological polar surface area (TPSA) is 79.9 Å². The van der Waals surface area contributed by atoms with Gasteiger partial charge in [0.25, 0.3) is 0 Å². The molecular weight excluding hydrogens is 413 g/mol. The summed E-state index contributed by atoms with van der Waals surface area (Å²) in [4.78, 5) is 14.6. The smallest absolute Gasteiger partial charge is 0.326 e. The number of amides is 2. The van der Waals surface area contributed by atoms with Crippen molar-refractivity contribution >= 4 is 23.5 Å². The minimum atomic E-state index is -4.56. The van der Waals surface area contributed by atoms with E-state index in [-0.39, 0.29) is 17.0 Å². The summed E-state index contributed by atoms with van der Waals surface area (Å²) in [6.07, 6.45) is -2.75. The number of anilines is 1. The number of carbonyl (C=O) groups excluding carboxylic acids is 1. The fourth-order valence-electron chi connectivity index (χ4n) is 3.27. The molecule has 2 aromatic carbocycles.